The molecule has 0 amide bonds. The highest BCUT2D eigenvalue weighted by Crippen LogP contribution is 2.33. The molecule has 94 valence electrons. The Kier molecular flexibility index (Phi) is 3.35. The fourth-order valence-electron chi connectivity index (χ4n) is 2.56. The van der Waals surface area contributed by atoms with Gasteiger partial charge in [0.15, 0.2) is 0 Å². The van der Waals surface area contributed by atoms with Crippen molar-refractivity contribution >= 4 is 17.0 Å². The van der Waals surface area contributed by atoms with E-state index >= 15 is 0 Å². The third-order valence-electron chi connectivity index (χ3n) is 3.47. The van der Waals surface area contributed by atoms with E-state index in [1.165, 1.54) is 10.6 Å². The second-order valence-corrected chi connectivity index (χ2v) is 5.75. The molecule has 0 spiro atoms. The van der Waals surface area contributed by atoms with E-state index in [0.29, 0.717) is 0 Å². The molecular weight excluding hydrogens is 242 g/mol. The first-order chi connectivity index (χ1) is 8.84. The highest BCUT2D eigenvalue weighted by Gasteiger charge is 2.20. The third kappa shape index (κ3) is 2.28. The van der Waals surface area contributed by atoms with Crippen molar-refractivity contribution in [2.75, 3.05) is 11.4 Å². The van der Waals surface area contributed by atoms with E-state index in [2.05, 4.69) is 34.5 Å². The van der Waals surface area contributed by atoms with E-state index in [1.807, 2.05) is 12.1 Å². The molecule has 2 nitrogen and oxygen atoms in total. The zero-order chi connectivity index (χ0) is 12.4. The van der Waals surface area contributed by atoms with Crippen LogP contribution in [0.2, 0.25) is 0 Å². The number of nitrogens with zero attached hydrogens (tertiary/aromatic N) is 1. The normalized spacial score (nSPS) is 19.4. The topological polar surface area (TPSA) is 23.5 Å². The molecule has 1 unspecified atom stereocenters. The van der Waals surface area contributed by atoms with Crippen molar-refractivity contribution in [2.45, 2.75) is 25.5 Å². The molecule has 0 aliphatic carbocycles. The van der Waals surface area contributed by atoms with Crippen molar-refractivity contribution in [3.63, 3.8) is 0 Å². The Morgan fingerprint density at radius 1 is 1.22 bits per heavy atom. The van der Waals surface area contributed by atoms with Gasteiger partial charge < -0.3 is 10.0 Å². The van der Waals surface area contributed by atoms with Gasteiger partial charge >= 0.3 is 0 Å². The minimum Gasteiger partial charge on any atom is -0.388 e. The second-order valence-electron chi connectivity index (χ2n) is 4.72. The van der Waals surface area contributed by atoms with Gasteiger partial charge in [0.05, 0.1) is 12.6 Å². The molecular formula is C15H17NOS. The first-order valence-corrected chi connectivity index (χ1v) is 7.27. The van der Waals surface area contributed by atoms with E-state index in [0.717, 1.165) is 31.5 Å². The lowest BCUT2D eigenvalue weighted by molar-refractivity contribution is 0.168. The number of hydrogen-bond donors (Lipinski definition) is 1. The van der Waals surface area contributed by atoms with E-state index in [1.54, 1.807) is 11.3 Å². The van der Waals surface area contributed by atoms with E-state index in [4.69, 9.17) is 0 Å². The molecule has 1 aromatic carbocycles. The van der Waals surface area contributed by atoms with Gasteiger partial charge in [0.25, 0.3) is 0 Å². The molecule has 1 N–H and O–H groups in total. The molecule has 0 radical (unpaired) electrons. The number of hydrogen-bond acceptors (Lipinski definition) is 3. The molecule has 18 heavy (non-hydrogen) atoms. The van der Waals surface area contributed by atoms with Crippen LogP contribution in [0.5, 0.6) is 0 Å². The van der Waals surface area contributed by atoms with Crippen molar-refractivity contribution in [1.29, 1.82) is 0 Å². The number of anilines is 1. The van der Waals surface area contributed by atoms with Gasteiger partial charge in [0.1, 0.15) is 0 Å². The molecule has 2 aromatic rings. The minimum atomic E-state index is -0.311. The summed E-state index contributed by atoms with van der Waals surface area (Å²) >= 11 is 1.79. The second kappa shape index (κ2) is 5.12. The highest BCUT2D eigenvalue weighted by molar-refractivity contribution is 7.09. The Balaban J connectivity index is 1.92. The molecule has 1 atom stereocenters. The van der Waals surface area contributed by atoms with Crippen LogP contribution in [0.4, 0.5) is 5.69 Å². The smallest absolute Gasteiger partial charge is 0.0810 e. The lowest BCUT2D eigenvalue weighted by Gasteiger charge is -2.24. The predicted molar refractivity (Wildman–Crippen MR) is 76.0 cm³/mol. The summed E-state index contributed by atoms with van der Waals surface area (Å²) in [7, 11) is 0. The lowest BCUT2D eigenvalue weighted by Crippen LogP contribution is -2.22. The van der Waals surface area contributed by atoms with Gasteiger partial charge in [0.2, 0.25) is 0 Å². The number of aliphatic hydroxyl groups excluding tert-OH is 1. The van der Waals surface area contributed by atoms with Crippen LogP contribution in [-0.4, -0.2) is 11.7 Å². The maximum absolute atomic E-state index is 10.2. The maximum atomic E-state index is 10.2. The summed E-state index contributed by atoms with van der Waals surface area (Å²) in [5.74, 6) is 0. The summed E-state index contributed by atoms with van der Waals surface area (Å²) in [5.41, 5.74) is 2.27. The zero-order valence-corrected chi connectivity index (χ0v) is 11.1. The van der Waals surface area contributed by atoms with Crippen molar-refractivity contribution in [1.82, 2.24) is 0 Å². The van der Waals surface area contributed by atoms with Crippen LogP contribution in [0, 0.1) is 0 Å². The minimum absolute atomic E-state index is 0.311. The summed E-state index contributed by atoms with van der Waals surface area (Å²) in [6, 6.07) is 12.5. The summed E-state index contributed by atoms with van der Waals surface area (Å²) < 4.78 is 0. The standard InChI is InChI=1S/C15H17NOS/c17-15-8-3-9-16(11-12-5-4-10-18-12)14-7-2-1-6-13(14)15/h1-2,4-7,10,15,17H,3,8-9,11H2. The Morgan fingerprint density at radius 2 is 2.11 bits per heavy atom. The van der Waals surface area contributed by atoms with Crippen molar-refractivity contribution in [3.05, 3.63) is 52.2 Å². The van der Waals surface area contributed by atoms with Crippen LogP contribution < -0.4 is 4.90 Å². The monoisotopic (exact) mass is 259 g/mol. The van der Waals surface area contributed by atoms with E-state index in [9.17, 15) is 5.11 Å². The number of aliphatic hydroxyl groups is 1. The van der Waals surface area contributed by atoms with Crippen LogP contribution in [-0.2, 0) is 6.54 Å². The molecule has 1 aliphatic rings. The van der Waals surface area contributed by atoms with E-state index < -0.39 is 0 Å². The Hall–Kier alpha value is -1.32. The Morgan fingerprint density at radius 3 is 2.94 bits per heavy atom. The lowest BCUT2D eigenvalue weighted by atomic mass is 10.0. The summed E-state index contributed by atoms with van der Waals surface area (Å²) in [4.78, 5) is 3.76. The maximum Gasteiger partial charge on any atom is 0.0810 e. The quantitative estimate of drug-likeness (QED) is 0.891. The average molecular weight is 259 g/mol. The van der Waals surface area contributed by atoms with Gasteiger partial charge in [-0.05, 0) is 30.4 Å². The van der Waals surface area contributed by atoms with Crippen LogP contribution in [0.15, 0.2) is 41.8 Å². The number of thiophene rings is 1. The molecule has 1 aromatic heterocycles. The average Bonchev–Trinajstić information content (AvgIpc) is 2.85. The predicted octanol–water partition coefficient (Wildman–Crippen LogP) is 3.58. The number of fused-ring (bicyclic) bond motifs is 1. The van der Waals surface area contributed by atoms with Crippen molar-refractivity contribution in [2.24, 2.45) is 0 Å². The number of benzene rings is 1. The molecule has 0 fully saturated rings. The Bertz CT molecular complexity index is 509. The van der Waals surface area contributed by atoms with Crippen LogP contribution in [0.1, 0.15) is 29.4 Å². The third-order valence-corrected chi connectivity index (χ3v) is 4.33. The SMILES string of the molecule is OC1CCCN(Cc2cccs2)c2ccccc21. The van der Waals surface area contributed by atoms with Gasteiger partial charge in [-0.15, -0.1) is 11.3 Å². The summed E-state index contributed by atoms with van der Waals surface area (Å²) in [5, 5.41) is 12.3. The molecule has 3 heteroatoms. The van der Waals surface area contributed by atoms with Crippen molar-refractivity contribution < 1.29 is 5.11 Å². The van der Waals surface area contributed by atoms with Gasteiger partial charge in [-0.2, -0.15) is 0 Å². The molecule has 0 bridgehead atoms. The van der Waals surface area contributed by atoms with Crippen LogP contribution >= 0.6 is 11.3 Å². The molecule has 2 heterocycles. The van der Waals surface area contributed by atoms with Gasteiger partial charge in [-0.25, -0.2) is 0 Å². The van der Waals surface area contributed by atoms with E-state index in [-0.39, 0.29) is 6.10 Å². The van der Waals surface area contributed by atoms with Crippen molar-refractivity contribution in [3.8, 4) is 0 Å². The Labute approximate surface area is 112 Å². The summed E-state index contributed by atoms with van der Waals surface area (Å²) in [6.45, 7) is 1.97. The first kappa shape index (κ1) is 11.8. The molecule has 0 saturated carbocycles. The molecule has 0 saturated heterocycles. The van der Waals surface area contributed by atoms with Crippen LogP contribution in [0.25, 0.3) is 0 Å². The fraction of sp³-hybridized carbons (Fsp3) is 0.333. The van der Waals surface area contributed by atoms with Gasteiger partial charge in [-0.1, -0.05) is 24.3 Å². The molecule has 1 aliphatic heterocycles. The summed E-state index contributed by atoms with van der Waals surface area (Å²) in [6.07, 6.45) is 1.59. The first-order valence-electron chi connectivity index (χ1n) is 6.39. The largest absolute Gasteiger partial charge is 0.388 e. The number of para-hydroxylation sites is 1. The van der Waals surface area contributed by atoms with Gasteiger partial charge in [-0.3, -0.25) is 0 Å². The molecule has 3 rings (SSSR count). The van der Waals surface area contributed by atoms with Gasteiger partial charge in [0, 0.05) is 22.7 Å². The highest BCUT2D eigenvalue weighted by atomic mass is 32.1. The zero-order valence-electron chi connectivity index (χ0n) is 10.2. The fourth-order valence-corrected chi connectivity index (χ4v) is 3.28. The van der Waals surface area contributed by atoms with Crippen LogP contribution in [0.3, 0.4) is 0 Å². The number of rotatable bonds is 2.